The van der Waals surface area contributed by atoms with Crippen LogP contribution < -0.4 is 0 Å². The third-order valence-electron chi connectivity index (χ3n) is 5.56. The van der Waals surface area contributed by atoms with Crippen molar-refractivity contribution in [2.75, 3.05) is 19.7 Å². The van der Waals surface area contributed by atoms with Gasteiger partial charge in [0.25, 0.3) is 0 Å². The minimum atomic E-state index is 0.0227. The van der Waals surface area contributed by atoms with Crippen molar-refractivity contribution in [2.24, 2.45) is 11.3 Å². The number of nitrogens with one attached hydrogen (secondary N) is 1. The maximum atomic E-state index is 10.2. The third-order valence-corrected chi connectivity index (χ3v) is 5.56. The molecule has 0 radical (unpaired) electrons. The average Bonchev–Trinajstić information content (AvgIpc) is 3.07. The highest BCUT2D eigenvalue weighted by molar-refractivity contribution is 5.15. The molecule has 1 fully saturated rings. The second kappa shape index (κ2) is 8.83. The maximum Gasteiger partial charge on any atom is 0.0628 e. The molecule has 2 aromatic rings. The van der Waals surface area contributed by atoms with E-state index in [4.69, 9.17) is 0 Å². The molecule has 26 heavy (non-hydrogen) atoms. The molecular weight excluding hydrogens is 322 g/mol. The summed E-state index contributed by atoms with van der Waals surface area (Å²) in [5.74, 6) is 0.626. The fourth-order valence-electron chi connectivity index (χ4n) is 4.17. The molecule has 2 heterocycles. The quantitative estimate of drug-likeness (QED) is 0.757. The van der Waals surface area contributed by atoms with E-state index in [-0.39, 0.29) is 12.0 Å². The number of aryl methyl sites for hydroxylation is 1. The van der Waals surface area contributed by atoms with Gasteiger partial charge in [-0.25, -0.2) is 0 Å². The molecule has 0 saturated carbocycles. The van der Waals surface area contributed by atoms with Crippen LogP contribution in [0.15, 0.2) is 36.4 Å². The van der Waals surface area contributed by atoms with E-state index in [1.54, 1.807) is 0 Å². The number of rotatable bonds is 8. The van der Waals surface area contributed by atoms with Gasteiger partial charge in [0.2, 0.25) is 0 Å². The smallest absolute Gasteiger partial charge is 0.0628 e. The first-order chi connectivity index (χ1) is 12.6. The maximum absolute atomic E-state index is 10.2. The van der Waals surface area contributed by atoms with Gasteiger partial charge in [-0.15, -0.1) is 0 Å². The summed E-state index contributed by atoms with van der Waals surface area (Å²) in [7, 11) is 0. The zero-order chi connectivity index (χ0) is 18.4. The summed E-state index contributed by atoms with van der Waals surface area (Å²) in [6.45, 7) is 7.69. The fourth-order valence-corrected chi connectivity index (χ4v) is 4.17. The first-order valence-electron chi connectivity index (χ1n) is 9.99. The second-order valence-corrected chi connectivity index (χ2v) is 8.44. The van der Waals surface area contributed by atoms with Crippen molar-refractivity contribution in [3.05, 3.63) is 53.3 Å². The minimum absolute atomic E-state index is 0.0227. The topological polar surface area (TPSA) is 52.1 Å². The van der Waals surface area contributed by atoms with Crippen LogP contribution in [0.5, 0.6) is 0 Å². The van der Waals surface area contributed by atoms with Gasteiger partial charge in [0.1, 0.15) is 0 Å². The Balaban J connectivity index is 1.58. The number of hydrogen-bond donors (Lipinski definition) is 2. The number of benzene rings is 1. The van der Waals surface area contributed by atoms with Crippen molar-refractivity contribution in [1.82, 2.24) is 15.1 Å². The van der Waals surface area contributed by atoms with Crippen LogP contribution in [0.4, 0.5) is 0 Å². The molecule has 0 unspecified atom stereocenters. The summed E-state index contributed by atoms with van der Waals surface area (Å²) in [4.78, 5) is 2.48. The Labute approximate surface area is 157 Å². The van der Waals surface area contributed by atoms with Gasteiger partial charge in [-0.3, -0.25) is 10.00 Å². The second-order valence-electron chi connectivity index (χ2n) is 8.44. The van der Waals surface area contributed by atoms with Gasteiger partial charge >= 0.3 is 0 Å². The SMILES string of the molecule is CC(C)Cc1cc(CN2CCC[C@](CO)(CCc3ccccc3)C2)[nH]n1. The van der Waals surface area contributed by atoms with Crippen LogP contribution in [-0.2, 0) is 19.4 Å². The van der Waals surface area contributed by atoms with E-state index in [1.807, 2.05) is 0 Å². The number of H-pyrrole nitrogens is 1. The van der Waals surface area contributed by atoms with Crippen molar-refractivity contribution >= 4 is 0 Å². The number of aliphatic hydroxyl groups is 1. The lowest BCUT2D eigenvalue weighted by atomic mass is 9.76. The molecule has 142 valence electrons. The molecule has 0 amide bonds. The third kappa shape index (κ3) is 5.18. The molecule has 1 aliphatic rings. The monoisotopic (exact) mass is 355 g/mol. The van der Waals surface area contributed by atoms with Crippen LogP contribution in [0.25, 0.3) is 0 Å². The Morgan fingerprint density at radius 1 is 1.27 bits per heavy atom. The molecule has 1 aromatic carbocycles. The fraction of sp³-hybridized carbons (Fsp3) is 0.591. The van der Waals surface area contributed by atoms with E-state index in [9.17, 15) is 5.11 Å². The van der Waals surface area contributed by atoms with E-state index < -0.39 is 0 Å². The van der Waals surface area contributed by atoms with Gasteiger partial charge in [-0.1, -0.05) is 44.2 Å². The molecule has 1 saturated heterocycles. The molecule has 4 nitrogen and oxygen atoms in total. The predicted molar refractivity (Wildman–Crippen MR) is 106 cm³/mol. The van der Waals surface area contributed by atoms with E-state index in [2.05, 4.69) is 65.3 Å². The van der Waals surface area contributed by atoms with Gasteiger partial charge < -0.3 is 5.11 Å². The summed E-state index contributed by atoms with van der Waals surface area (Å²) in [6.07, 6.45) is 5.38. The van der Waals surface area contributed by atoms with Crippen LogP contribution in [0.2, 0.25) is 0 Å². The molecule has 2 N–H and O–H groups in total. The average molecular weight is 356 g/mol. The van der Waals surface area contributed by atoms with E-state index >= 15 is 0 Å². The molecule has 0 aliphatic carbocycles. The highest BCUT2D eigenvalue weighted by Gasteiger charge is 2.34. The van der Waals surface area contributed by atoms with Gasteiger partial charge in [0.15, 0.2) is 0 Å². The highest BCUT2D eigenvalue weighted by atomic mass is 16.3. The Morgan fingerprint density at radius 2 is 2.08 bits per heavy atom. The van der Waals surface area contributed by atoms with Gasteiger partial charge in [0, 0.05) is 30.8 Å². The normalized spacial score (nSPS) is 21.4. The highest BCUT2D eigenvalue weighted by Crippen LogP contribution is 2.35. The summed E-state index contributed by atoms with van der Waals surface area (Å²) < 4.78 is 0. The molecule has 1 atom stereocenters. The van der Waals surface area contributed by atoms with Gasteiger partial charge in [-0.2, -0.15) is 5.10 Å². The minimum Gasteiger partial charge on any atom is -0.396 e. The Hall–Kier alpha value is -1.65. The number of piperidine rings is 1. The number of hydrogen-bond acceptors (Lipinski definition) is 3. The summed E-state index contributed by atoms with van der Waals surface area (Å²) in [6, 6.07) is 12.8. The number of likely N-dealkylation sites (tertiary alicyclic amines) is 1. The number of aromatic amines is 1. The summed E-state index contributed by atoms with van der Waals surface area (Å²) >= 11 is 0. The molecule has 1 aliphatic heterocycles. The van der Waals surface area contributed by atoms with E-state index in [0.29, 0.717) is 5.92 Å². The first kappa shape index (κ1) is 19.1. The zero-order valence-electron chi connectivity index (χ0n) is 16.2. The molecule has 3 rings (SSSR count). The lowest BCUT2D eigenvalue weighted by Gasteiger charge is -2.42. The molecule has 4 heteroatoms. The van der Waals surface area contributed by atoms with Crippen molar-refractivity contribution in [3.8, 4) is 0 Å². The zero-order valence-corrected chi connectivity index (χ0v) is 16.2. The predicted octanol–water partition coefficient (Wildman–Crippen LogP) is 3.82. The van der Waals surface area contributed by atoms with Crippen molar-refractivity contribution < 1.29 is 5.11 Å². The Bertz CT molecular complexity index is 667. The van der Waals surface area contributed by atoms with Crippen molar-refractivity contribution in [3.63, 3.8) is 0 Å². The van der Waals surface area contributed by atoms with Crippen LogP contribution in [-0.4, -0.2) is 39.9 Å². The summed E-state index contributed by atoms with van der Waals surface area (Å²) in [5, 5.41) is 17.8. The number of aliphatic hydroxyl groups excluding tert-OH is 1. The largest absolute Gasteiger partial charge is 0.396 e. The molecule has 0 spiro atoms. The molecule has 1 aromatic heterocycles. The molecule has 0 bridgehead atoms. The number of aromatic nitrogens is 2. The number of nitrogens with zero attached hydrogens (tertiary/aromatic N) is 2. The van der Waals surface area contributed by atoms with Crippen LogP contribution in [0.3, 0.4) is 0 Å². The van der Waals surface area contributed by atoms with Gasteiger partial charge in [-0.05, 0) is 56.2 Å². The van der Waals surface area contributed by atoms with E-state index in [1.165, 1.54) is 11.3 Å². The Kier molecular flexibility index (Phi) is 6.49. The van der Waals surface area contributed by atoms with E-state index in [0.717, 1.165) is 57.4 Å². The lowest BCUT2D eigenvalue weighted by molar-refractivity contribution is 0.0219. The lowest BCUT2D eigenvalue weighted by Crippen LogP contribution is -2.45. The first-order valence-corrected chi connectivity index (χ1v) is 9.99. The van der Waals surface area contributed by atoms with Crippen LogP contribution in [0.1, 0.15) is 50.1 Å². The van der Waals surface area contributed by atoms with Crippen LogP contribution in [0, 0.1) is 11.3 Å². The van der Waals surface area contributed by atoms with Gasteiger partial charge in [0.05, 0.1) is 5.69 Å². The van der Waals surface area contributed by atoms with Crippen LogP contribution >= 0.6 is 0 Å². The Morgan fingerprint density at radius 3 is 2.81 bits per heavy atom. The standard InChI is InChI=1S/C22H33N3O/c1-18(2)13-20-14-21(24-23-20)15-25-12-6-10-22(16-25,17-26)11-9-19-7-4-3-5-8-19/h3-5,7-8,14,18,26H,6,9-13,15-17H2,1-2H3,(H,23,24)/t22-/m0/s1. The summed E-state index contributed by atoms with van der Waals surface area (Å²) in [5.41, 5.74) is 3.74. The van der Waals surface area contributed by atoms with Crippen molar-refractivity contribution in [2.45, 2.75) is 52.5 Å². The molecular formula is C22H33N3O. The van der Waals surface area contributed by atoms with Crippen molar-refractivity contribution in [1.29, 1.82) is 0 Å².